The van der Waals surface area contributed by atoms with E-state index in [0.717, 1.165) is 11.3 Å². The van der Waals surface area contributed by atoms with Gasteiger partial charge in [0.05, 0.1) is 0 Å². The SMILES string of the molecule is CC(C)(C)c1ccc(C=N)c(NC2CC(=O)C2)c1. The van der Waals surface area contributed by atoms with Gasteiger partial charge in [-0.2, -0.15) is 0 Å². The van der Waals surface area contributed by atoms with Crippen LogP contribution in [-0.4, -0.2) is 18.0 Å². The van der Waals surface area contributed by atoms with Crippen LogP contribution >= 0.6 is 0 Å². The zero-order valence-corrected chi connectivity index (χ0v) is 11.2. The number of hydrogen-bond acceptors (Lipinski definition) is 3. The van der Waals surface area contributed by atoms with Gasteiger partial charge in [-0.1, -0.05) is 32.9 Å². The molecule has 0 atom stereocenters. The Labute approximate surface area is 108 Å². The van der Waals surface area contributed by atoms with Gasteiger partial charge in [0.15, 0.2) is 0 Å². The molecule has 1 saturated carbocycles. The van der Waals surface area contributed by atoms with Crippen LogP contribution in [0.1, 0.15) is 44.7 Å². The largest absolute Gasteiger partial charge is 0.381 e. The number of Topliss-reactive ketones (excluding diaryl/α,β-unsaturated/α-hetero) is 1. The Morgan fingerprint density at radius 2 is 2.00 bits per heavy atom. The van der Waals surface area contributed by atoms with Gasteiger partial charge in [-0.15, -0.1) is 0 Å². The Hall–Kier alpha value is -1.64. The maximum Gasteiger partial charge on any atom is 0.137 e. The average molecular weight is 244 g/mol. The molecule has 0 unspecified atom stereocenters. The number of carbonyl (C=O) groups is 1. The number of nitrogens with one attached hydrogen (secondary N) is 2. The van der Waals surface area contributed by atoms with Crippen molar-refractivity contribution < 1.29 is 4.79 Å². The average Bonchev–Trinajstić information content (AvgIpc) is 2.25. The fourth-order valence-corrected chi connectivity index (χ4v) is 2.09. The van der Waals surface area contributed by atoms with Crippen LogP contribution in [0.25, 0.3) is 0 Å². The van der Waals surface area contributed by atoms with Gasteiger partial charge in [-0.3, -0.25) is 4.79 Å². The summed E-state index contributed by atoms with van der Waals surface area (Å²) >= 11 is 0. The molecule has 0 bridgehead atoms. The Balaban J connectivity index is 2.25. The summed E-state index contributed by atoms with van der Waals surface area (Å²) in [5, 5.41) is 10.8. The molecule has 0 saturated heterocycles. The van der Waals surface area contributed by atoms with Crippen molar-refractivity contribution in [2.75, 3.05) is 5.32 Å². The van der Waals surface area contributed by atoms with Gasteiger partial charge in [0.2, 0.25) is 0 Å². The number of carbonyl (C=O) groups excluding carboxylic acids is 1. The van der Waals surface area contributed by atoms with Crippen molar-refractivity contribution in [1.82, 2.24) is 0 Å². The van der Waals surface area contributed by atoms with E-state index in [9.17, 15) is 4.79 Å². The highest BCUT2D eigenvalue weighted by Gasteiger charge is 2.27. The van der Waals surface area contributed by atoms with Gasteiger partial charge < -0.3 is 10.7 Å². The molecule has 0 radical (unpaired) electrons. The predicted molar refractivity (Wildman–Crippen MR) is 74.7 cm³/mol. The Bertz CT molecular complexity index is 478. The first-order valence-corrected chi connectivity index (χ1v) is 6.33. The summed E-state index contributed by atoms with van der Waals surface area (Å²) in [6.07, 6.45) is 2.57. The van der Waals surface area contributed by atoms with Gasteiger partial charge in [0.1, 0.15) is 5.78 Å². The number of ketones is 1. The van der Waals surface area contributed by atoms with Gasteiger partial charge in [-0.05, 0) is 17.0 Å². The van der Waals surface area contributed by atoms with E-state index in [1.54, 1.807) is 0 Å². The fourth-order valence-electron chi connectivity index (χ4n) is 2.09. The minimum atomic E-state index is 0.0897. The van der Waals surface area contributed by atoms with Crippen LogP contribution in [-0.2, 0) is 10.2 Å². The molecular formula is C15H20N2O. The van der Waals surface area contributed by atoms with Crippen LogP contribution in [0.5, 0.6) is 0 Å². The normalized spacial score (nSPS) is 16.3. The van der Waals surface area contributed by atoms with E-state index in [-0.39, 0.29) is 11.5 Å². The highest BCUT2D eigenvalue weighted by atomic mass is 16.1. The number of rotatable bonds is 3. The Morgan fingerprint density at radius 3 is 2.50 bits per heavy atom. The van der Waals surface area contributed by atoms with E-state index in [1.807, 2.05) is 6.07 Å². The standard InChI is InChI=1S/C15H20N2O/c1-15(2,3)11-5-4-10(9-16)14(6-11)17-12-7-13(18)8-12/h4-6,9,12,16-17H,7-8H2,1-3H3. The van der Waals surface area contributed by atoms with E-state index in [2.05, 4.69) is 38.2 Å². The monoisotopic (exact) mass is 244 g/mol. The van der Waals surface area contributed by atoms with E-state index in [1.165, 1.54) is 11.8 Å². The molecule has 96 valence electrons. The molecule has 0 aromatic heterocycles. The summed E-state index contributed by atoms with van der Waals surface area (Å²) in [5.41, 5.74) is 3.17. The summed E-state index contributed by atoms with van der Waals surface area (Å²) in [5.74, 6) is 0.316. The van der Waals surface area contributed by atoms with Crippen molar-refractivity contribution >= 4 is 17.7 Å². The van der Waals surface area contributed by atoms with E-state index in [0.29, 0.717) is 18.6 Å². The second kappa shape index (κ2) is 4.56. The summed E-state index contributed by atoms with van der Waals surface area (Å²) in [6, 6.07) is 6.38. The Kier molecular flexibility index (Phi) is 3.24. The molecule has 18 heavy (non-hydrogen) atoms. The molecule has 0 heterocycles. The lowest BCUT2D eigenvalue weighted by Gasteiger charge is -2.28. The second-order valence-electron chi connectivity index (χ2n) is 5.98. The number of benzene rings is 1. The number of hydrogen-bond donors (Lipinski definition) is 2. The van der Waals surface area contributed by atoms with Gasteiger partial charge in [0, 0.05) is 36.3 Å². The third kappa shape index (κ3) is 2.61. The molecule has 3 heteroatoms. The third-order valence-electron chi connectivity index (χ3n) is 3.38. The number of anilines is 1. The highest BCUT2D eigenvalue weighted by molar-refractivity contribution is 5.89. The lowest BCUT2D eigenvalue weighted by Crippen LogP contribution is -2.35. The maximum atomic E-state index is 11.0. The molecule has 0 spiro atoms. The topological polar surface area (TPSA) is 53.0 Å². The quantitative estimate of drug-likeness (QED) is 0.803. The van der Waals surface area contributed by atoms with Crippen LogP contribution in [0.4, 0.5) is 5.69 Å². The highest BCUT2D eigenvalue weighted by Crippen LogP contribution is 2.29. The zero-order chi connectivity index (χ0) is 13.3. The molecule has 3 nitrogen and oxygen atoms in total. The molecule has 1 aromatic carbocycles. The van der Waals surface area contributed by atoms with Gasteiger partial charge in [-0.25, -0.2) is 0 Å². The lowest BCUT2D eigenvalue weighted by atomic mass is 9.85. The first-order valence-electron chi connectivity index (χ1n) is 6.33. The first kappa shape index (κ1) is 12.8. The second-order valence-corrected chi connectivity index (χ2v) is 5.98. The summed E-state index contributed by atoms with van der Waals surface area (Å²) in [7, 11) is 0. The molecular weight excluding hydrogens is 224 g/mol. The maximum absolute atomic E-state index is 11.0. The molecule has 0 amide bonds. The smallest absolute Gasteiger partial charge is 0.137 e. The van der Waals surface area contributed by atoms with Gasteiger partial charge >= 0.3 is 0 Å². The summed E-state index contributed by atoms with van der Waals surface area (Å²) < 4.78 is 0. The van der Waals surface area contributed by atoms with Gasteiger partial charge in [0.25, 0.3) is 0 Å². The van der Waals surface area contributed by atoms with Crippen LogP contribution < -0.4 is 5.32 Å². The molecule has 1 aliphatic carbocycles. The summed E-state index contributed by atoms with van der Waals surface area (Å²) in [6.45, 7) is 6.51. The molecule has 2 rings (SSSR count). The van der Waals surface area contributed by atoms with Crippen molar-refractivity contribution in [3.8, 4) is 0 Å². The van der Waals surface area contributed by atoms with Crippen LogP contribution in [0.3, 0.4) is 0 Å². The zero-order valence-electron chi connectivity index (χ0n) is 11.2. The molecule has 0 aliphatic heterocycles. The molecule has 1 fully saturated rings. The molecule has 1 aliphatic rings. The van der Waals surface area contributed by atoms with Crippen LogP contribution in [0.15, 0.2) is 18.2 Å². The molecule has 1 aromatic rings. The first-order chi connectivity index (χ1) is 8.40. The van der Waals surface area contributed by atoms with Crippen molar-refractivity contribution in [2.24, 2.45) is 0 Å². The van der Waals surface area contributed by atoms with Crippen LogP contribution in [0.2, 0.25) is 0 Å². The van der Waals surface area contributed by atoms with Crippen molar-refractivity contribution in [3.63, 3.8) is 0 Å². The van der Waals surface area contributed by atoms with Crippen molar-refractivity contribution in [3.05, 3.63) is 29.3 Å². The summed E-state index contributed by atoms with van der Waals surface area (Å²) in [4.78, 5) is 11.0. The van der Waals surface area contributed by atoms with Crippen LogP contribution in [0, 0.1) is 5.41 Å². The fraction of sp³-hybridized carbons (Fsp3) is 0.467. The lowest BCUT2D eigenvalue weighted by molar-refractivity contribution is -0.124. The minimum Gasteiger partial charge on any atom is -0.381 e. The predicted octanol–water partition coefficient (Wildman–Crippen LogP) is 3.13. The molecule has 2 N–H and O–H groups in total. The van der Waals surface area contributed by atoms with E-state index < -0.39 is 0 Å². The minimum absolute atomic E-state index is 0.0897. The Morgan fingerprint density at radius 1 is 1.33 bits per heavy atom. The third-order valence-corrected chi connectivity index (χ3v) is 3.38. The van der Waals surface area contributed by atoms with Crippen molar-refractivity contribution in [2.45, 2.75) is 45.1 Å². The van der Waals surface area contributed by atoms with Crippen molar-refractivity contribution in [1.29, 1.82) is 5.41 Å². The van der Waals surface area contributed by atoms with E-state index >= 15 is 0 Å². The van der Waals surface area contributed by atoms with E-state index in [4.69, 9.17) is 5.41 Å².